The molecule has 0 bridgehead atoms. The van der Waals surface area contributed by atoms with E-state index in [-0.39, 0.29) is 0 Å². The number of rotatable bonds is 13. The number of carboxylic acid groups (broad SMARTS) is 1. The van der Waals surface area contributed by atoms with Gasteiger partial charge in [-0.3, -0.25) is 4.79 Å². The number of hydrogen-bond acceptors (Lipinski definition) is 1. The SMILES string of the molecule is CCCCCCCCCCC(CCC(=O)O)C(C)C. The van der Waals surface area contributed by atoms with E-state index >= 15 is 0 Å². The van der Waals surface area contributed by atoms with E-state index in [9.17, 15) is 4.79 Å². The van der Waals surface area contributed by atoms with E-state index < -0.39 is 5.97 Å². The molecule has 0 aliphatic carbocycles. The van der Waals surface area contributed by atoms with Crippen LogP contribution in [0.2, 0.25) is 0 Å². The minimum atomic E-state index is -0.651. The van der Waals surface area contributed by atoms with Gasteiger partial charge in [0.15, 0.2) is 0 Å². The predicted octanol–water partition coefficient (Wildman–Crippen LogP) is 5.65. The summed E-state index contributed by atoms with van der Waals surface area (Å²) in [7, 11) is 0. The van der Waals surface area contributed by atoms with Crippen LogP contribution in [-0.4, -0.2) is 11.1 Å². The van der Waals surface area contributed by atoms with Crippen molar-refractivity contribution >= 4 is 5.97 Å². The van der Waals surface area contributed by atoms with Crippen molar-refractivity contribution in [1.82, 2.24) is 0 Å². The largest absolute Gasteiger partial charge is 0.481 e. The standard InChI is InChI=1S/C17H34O2/c1-4-5-6-7-8-9-10-11-12-16(15(2)3)13-14-17(18)19/h15-16H,4-14H2,1-3H3,(H,18,19). The van der Waals surface area contributed by atoms with E-state index in [1.165, 1.54) is 57.8 Å². The second-order valence-corrected chi connectivity index (χ2v) is 6.20. The third-order valence-electron chi connectivity index (χ3n) is 4.10. The molecule has 0 aliphatic rings. The maximum atomic E-state index is 10.6. The molecule has 0 aromatic heterocycles. The fraction of sp³-hybridized carbons (Fsp3) is 0.941. The van der Waals surface area contributed by atoms with Crippen LogP contribution in [0.4, 0.5) is 0 Å². The summed E-state index contributed by atoms with van der Waals surface area (Å²) < 4.78 is 0. The molecule has 1 atom stereocenters. The van der Waals surface area contributed by atoms with Gasteiger partial charge in [0.2, 0.25) is 0 Å². The highest BCUT2D eigenvalue weighted by Crippen LogP contribution is 2.24. The van der Waals surface area contributed by atoms with Crippen molar-refractivity contribution in [2.45, 2.75) is 91.4 Å². The van der Waals surface area contributed by atoms with Gasteiger partial charge in [0.1, 0.15) is 0 Å². The zero-order valence-electron chi connectivity index (χ0n) is 13.3. The summed E-state index contributed by atoms with van der Waals surface area (Å²) in [6.45, 7) is 6.69. The molecule has 2 nitrogen and oxygen atoms in total. The first kappa shape index (κ1) is 18.5. The predicted molar refractivity (Wildman–Crippen MR) is 82.4 cm³/mol. The molecule has 0 amide bonds. The van der Waals surface area contributed by atoms with Crippen LogP contribution in [0.25, 0.3) is 0 Å². The molecular formula is C17H34O2. The summed E-state index contributed by atoms with van der Waals surface area (Å²) in [6.07, 6.45) is 13.2. The second kappa shape index (κ2) is 12.5. The second-order valence-electron chi connectivity index (χ2n) is 6.20. The topological polar surface area (TPSA) is 37.3 Å². The first-order valence-electron chi connectivity index (χ1n) is 8.29. The van der Waals surface area contributed by atoms with Gasteiger partial charge in [0.05, 0.1) is 0 Å². The monoisotopic (exact) mass is 270 g/mol. The molecule has 0 radical (unpaired) electrons. The van der Waals surface area contributed by atoms with Crippen LogP contribution < -0.4 is 0 Å². The highest BCUT2D eigenvalue weighted by atomic mass is 16.4. The van der Waals surface area contributed by atoms with Crippen LogP contribution in [0.3, 0.4) is 0 Å². The molecule has 2 heteroatoms. The first-order chi connectivity index (χ1) is 9.07. The Morgan fingerprint density at radius 2 is 1.42 bits per heavy atom. The van der Waals surface area contributed by atoms with Crippen molar-refractivity contribution < 1.29 is 9.90 Å². The third kappa shape index (κ3) is 12.3. The summed E-state index contributed by atoms with van der Waals surface area (Å²) in [5, 5.41) is 8.76. The molecule has 0 saturated carbocycles. The lowest BCUT2D eigenvalue weighted by molar-refractivity contribution is -0.137. The van der Waals surface area contributed by atoms with E-state index in [2.05, 4.69) is 20.8 Å². The van der Waals surface area contributed by atoms with Gasteiger partial charge in [-0.05, 0) is 18.3 Å². The molecule has 0 saturated heterocycles. The van der Waals surface area contributed by atoms with Gasteiger partial charge >= 0.3 is 5.97 Å². The van der Waals surface area contributed by atoms with Crippen LogP contribution >= 0.6 is 0 Å². The molecule has 114 valence electrons. The van der Waals surface area contributed by atoms with Crippen molar-refractivity contribution in [3.05, 3.63) is 0 Å². The lowest BCUT2D eigenvalue weighted by Gasteiger charge is -2.19. The molecular weight excluding hydrogens is 236 g/mol. The Bertz CT molecular complexity index is 211. The fourth-order valence-electron chi connectivity index (χ4n) is 2.66. The molecule has 0 aliphatic heterocycles. The van der Waals surface area contributed by atoms with E-state index in [0.717, 1.165) is 6.42 Å². The minimum Gasteiger partial charge on any atom is -0.481 e. The quantitative estimate of drug-likeness (QED) is 0.439. The normalized spacial score (nSPS) is 12.8. The van der Waals surface area contributed by atoms with Gasteiger partial charge in [-0.15, -0.1) is 0 Å². The summed E-state index contributed by atoms with van der Waals surface area (Å²) in [5.41, 5.74) is 0. The zero-order chi connectivity index (χ0) is 14.5. The number of carbonyl (C=O) groups is 1. The highest BCUT2D eigenvalue weighted by Gasteiger charge is 2.14. The molecule has 19 heavy (non-hydrogen) atoms. The maximum Gasteiger partial charge on any atom is 0.303 e. The highest BCUT2D eigenvalue weighted by molar-refractivity contribution is 5.66. The van der Waals surface area contributed by atoms with E-state index in [4.69, 9.17) is 5.11 Å². The van der Waals surface area contributed by atoms with E-state index in [1.807, 2.05) is 0 Å². The molecule has 1 N–H and O–H groups in total. The third-order valence-corrected chi connectivity index (χ3v) is 4.10. The van der Waals surface area contributed by atoms with Gasteiger partial charge in [-0.2, -0.15) is 0 Å². The Balaban J connectivity index is 3.51. The van der Waals surface area contributed by atoms with Crippen LogP contribution in [0, 0.1) is 11.8 Å². The summed E-state index contributed by atoms with van der Waals surface area (Å²) in [5.74, 6) is 0.557. The van der Waals surface area contributed by atoms with Crippen molar-refractivity contribution in [3.8, 4) is 0 Å². The Kier molecular flexibility index (Phi) is 12.2. The van der Waals surface area contributed by atoms with Crippen LogP contribution in [0.5, 0.6) is 0 Å². The number of aliphatic carboxylic acids is 1. The first-order valence-corrected chi connectivity index (χ1v) is 8.29. The van der Waals surface area contributed by atoms with E-state index in [0.29, 0.717) is 18.3 Å². The molecule has 0 spiro atoms. The average molecular weight is 270 g/mol. The molecule has 0 fully saturated rings. The van der Waals surface area contributed by atoms with E-state index in [1.54, 1.807) is 0 Å². The average Bonchev–Trinajstić information content (AvgIpc) is 2.35. The van der Waals surface area contributed by atoms with Crippen LogP contribution in [0.15, 0.2) is 0 Å². The lowest BCUT2D eigenvalue weighted by Crippen LogP contribution is -2.11. The number of carboxylic acids is 1. The van der Waals surface area contributed by atoms with Crippen molar-refractivity contribution in [2.24, 2.45) is 11.8 Å². The Labute approximate surface area is 120 Å². The Hall–Kier alpha value is -0.530. The molecule has 1 unspecified atom stereocenters. The maximum absolute atomic E-state index is 10.6. The van der Waals surface area contributed by atoms with Gasteiger partial charge in [0, 0.05) is 6.42 Å². The van der Waals surface area contributed by atoms with Crippen LogP contribution in [-0.2, 0) is 4.79 Å². The summed E-state index contributed by atoms with van der Waals surface area (Å²) >= 11 is 0. The molecule has 0 rings (SSSR count). The van der Waals surface area contributed by atoms with Crippen molar-refractivity contribution in [3.63, 3.8) is 0 Å². The number of unbranched alkanes of at least 4 members (excludes halogenated alkanes) is 7. The fourth-order valence-corrected chi connectivity index (χ4v) is 2.66. The van der Waals surface area contributed by atoms with Gasteiger partial charge in [0.25, 0.3) is 0 Å². The van der Waals surface area contributed by atoms with Crippen LogP contribution in [0.1, 0.15) is 91.4 Å². The van der Waals surface area contributed by atoms with Gasteiger partial charge in [-0.1, -0.05) is 78.6 Å². The zero-order valence-corrected chi connectivity index (χ0v) is 13.3. The smallest absolute Gasteiger partial charge is 0.303 e. The summed E-state index contributed by atoms with van der Waals surface area (Å²) in [4.78, 5) is 10.6. The van der Waals surface area contributed by atoms with Crippen molar-refractivity contribution in [1.29, 1.82) is 0 Å². The Morgan fingerprint density at radius 1 is 0.895 bits per heavy atom. The minimum absolute atomic E-state index is 0.333. The van der Waals surface area contributed by atoms with Gasteiger partial charge in [-0.25, -0.2) is 0 Å². The Morgan fingerprint density at radius 3 is 1.89 bits per heavy atom. The van der Waals surface area contributed by atoms with Crippen molar-refractivity contribution in [2.75, 3.05) is 0 Å². The molecule has 0 aromatic rings. The number of hydrogen-bond donors (Lipinski definition) is 1. The molecule has 0 aromatic carbocycles. The van der Waals surface area contributed by atoms with Gasteiger partial charge < -0.3 is 5.11 Å². The summed E-state index contributed by atoms with van der Waals surface area (Å²) in [6, 6.07) is 0. The lowest BCUT2D eigenvalue weighted by atomic mass is 9.86. The molecule has 0 heterocycles.